The van der Waals surface area contributed by atoms with Gasteiger partial charge in [0.2, 0.25) is 17.7 Å². The molecule has 0 aromatic heterocycles. The minimum Gasteiger partial charge on any atom is -0.543 e. The normalized spacial score (nSPS) is 10.6. The molecule has 1 atom stereocenters. The zero-order valence-corrected chi connectivity index (χ0v) is 34.6. The van der Waals surface area contributed by atoms with Gasteiger partial charge in [-0.1, -0.05) is 26.0 Å². The summed E-state index contributed by atoms with van der Waals surface area (Å²) in [5, 5.41) is 21.0. The Bertz CT molecular complexity index is 1550. The number of benzene rings is 2. The minimum absolute atomic E-state index is 0. The molecule has 0 saturated carbocycles. The number of rotatable bonds is 17. The van der Waals surface area contributed by atoms with E-state index in [1.165, 1.54) is 31.3 Å². The van der Waals surface area contributed by atoms with Crippen molar-refractivity contribution < 1.29 is 52.7 Å². The zero-order chi connectivity index (χ0) is 42.0. The third-order valence-corrected chi connectivity index (χ3v) is 6.69. The molecule has 2 aromatic carbocycles. The Kier molecular flexibility index (Phi) is 24.8. The molecule has 0 aliphatic carbocycles. The summed E-state index contributed by atoms with van der Waals surface area (Å²) < 4.78 is 15.1. The molecule has 0 fully saturated rings. The summed E-state index contributed by atoms with van der Waals surface area (Å²) in [7, 11) is 1.53. The number of primary amides is 2. The number of ether oxygens (including phenoxy) is 3. The number of hydrogen-bond donors (Lipinski definition) is 6. The first-order valence-corrected chi connectivity index (χ1v) is 17.1. The summed E-state index contributed by atoms with van der Waals surface area (Å²) in [6.45, 7) is 9.50. The van der Waals surface area contributed by atoms with E-state index in [1.54, 1.807) is 45.0 Å². The van der Waals surface area contributed by atoms with Crippen LogP contribution in [0.1, 0.15) is 78.7 Å². The van der Waals surface area contributed by atoms with Gasteiger partial charge in [0.15, 0.2) is 0 Å². The monoisotopic (exact) mass is 1030 g/mol. The van der Waals surface area contributed by atoms with E-state index in [1.807, 2.05) is 13.8 Å². The molecule has 20 heteroatoms. The average Bonchev–Trinajstić information content (AvgIpc) is 3.09. The number of nitrogens with two attached hydrogens (primary N) is 2. The van der Waals surface area contributed by atoms with Gasteiger partial charge in [0.1, 0.15) is 24.0 Å². The molecule has 1 unspecified atom stereocenters. The van der Waals surface area contributed by atoms with Gasteiger partial charge in [-0.2, -0.15) is 6.41 Å². The van der Waals surface area contributed by atoms with Crippen molar-refractivity contribution in [1.29, 1.82) is 0 Å². The molecular formula is C36H52FmN7O12-. The Morgan fingerprint density at radius 2 is 1.46 bits per heavy atom. The average molecular weight is 1030 g/mol. The van der Waals surface area contributed by atoms with E-state index in [9.17, 15) is 38.9 Å². The predicted octanol–water partition coefficient (Wildman–Crippen LogP) is 3.49. The second-order valence-electron chi connectivity index (χ2n) is 12.8. The molecule has 2 aromatic rings. The van der Waals surface area contributed by atoms with E-state index in [-0.39, 0.29) is 60.5 Å². The Morgan fingerprint density at radius 3 is 1.96 bits per heavy atom. The van der Waals surface area contributed by atoms with Gasteiger partial charge in [-0.25, -0.2) is 9.59 Å². The first kappa shape index (κ1) is 50.8. The smallest absolute Gasteiger partial charge is 0.514 e. The Morgan fingerprint density at radius 1 is 0.893 bits per heavy atom. The fraction of sp³-hybridized carbons (Fsp3) is 0.472. The number of anilines is 1. The van der Waals surface area contributed by atoms with Crippen molar-refractivity contribution in [3.63, 3.8) is 0 Å². The predicted molar refractivity (Wildman–Crippen MR) is 201 cm³/mol. The summed E-state index contributed by atoms with van der Waals surface area (Å²) in [4.78, 5) is 87.6. The van der Waals surface area contributed by atoms with Gasteiger partial charge >= 0.3 is 18.2 Å². The van der Waals surface area contributed by atoms with Crippen LogP contribution in [0.5, 0.6) is 5.75 Å². The Balaban J connectivity index is 0. The van der Waals surface area contributed by atoms with Gasteiger partial charge in [0, 0.05) is 50.7 Å². The number of nitrogens with zero attached hydrogens (tertiary/aromatic N) is 1. The number of esters is 1. The van der Waals surface area contributed by atoms with E-state index in [0.717, 1.165) is 6.41 Å². The van der Waals surface area contributed by atoms with Crippen LogP contribution in [0.25, 0.3) is 0 Å². The summed E-state index contributed by atoms with van der Waals surface area (Å²) >= 11 is 0. The number of carbonyl (C=O) groups is 6. The largest absolute Gasteiger partial charge is 0.543 e. The summed E-state index contributed by atoms with van der Waals surface area (Å²) in [6, 6.07) is 10.6. The molecule has 0 saturated heterocycles. The molecule has 56 heavy (non-hydrogen) atoms. The first-order valence-electron chi connectivity index (χ1n) is 17.1. The Labute approximate surface area is 319 Å². The van der Waals surface area contributed by atoms with Gasteiger partial charge < -0.3 is 51.7 Å². The number of non-ortho nitro benzene ring substituents is 1. The molecule has 6 amide bonds. The van der Waals surface area contributed by atoms with Crippen molar-refractivity contribution in [2.24, 2.45) is 17.4 Å². The molecule has 0 aliphatic rings. The van der Waals surface area contributed by atoms with Gasteiger partial charge in [0.25, 0.3) is 5.69 Å². The number of nitrogens with one attached hydrogen (secondary N) is 4. The van der Waals surface area contributed by atoms with E-state index in [0.29, 0.717) is 43.5 Å². The number of unbranched alkanes of at least 4 members (excludes halogenated alkanes) is 1. The number of likely N-dealkylation sites (N-methyl/N-ethyl adjacent to an activating group) is 1. The van der Waals surface area contributed by atoms with Gasteiger partial charge in [0.05, 0.1) is 4.92 Å². The Hall–Kier alpha value is -7.27. The van der Waals surface area contributed by atoms with E-state index < -0.39 is 28.8 Å². The van der Waals surface area contributed by atoms with Crippen LogP contribution in [0.4, 0.5) is 21.0 Å². The van der Waals surface area contributed by atoms with Crippen LogP contribution in [0.3, 0.4) is 0 Å². The maximum atomic E-state index is 11.9. The number of urea groups is 1. The second-order valence-corrected chi connectivity index (χ2v) is 12.8. The van der Waals surface area contributed by atoms with E-state index in [4.69, 9.17) is 24.7 Å². The van der Waals surface area contributed by atoms with Gasteiger partial charge in [-0.15, -0.1) is 0 Å². The second kappa shape index (κ2) is 27.4. The fourth-order valence-corrected chi connectivity index (χ4v) is 4.16. The van der Waals surface area contributed by atoms with Crippen LogP contribution >= 0.6 is 0 Å². The summed E-state index contributed by atoms with van der Waals surface area (Å²) in [6.07, 6.45) is 2.39. The standard InChI is InChI=1S/C20H22N4O7.C15H28N2O4.CH2NO.Fm/c21-19(26)22-12-2-1-3-18(25)23-15-6-4-14(5-7-15)13-30-20(27)31-17-10-8-16(9-11-17)24(28)29;1-10(2)13(14(20)16-6)17-11(18)8-7-9-12(19)21-15(3,4)5;2-1-3;/h4-11H,1-3,12-13H2,(H,23,25)(H3,21,22,26);10,13H,7-9H2,1-6H3,(H,16,20)(H,17,18);(H2,2,3);/q;;-1;. The van der Waals surface area contributed by atoms with Crippen molar-refractivity contribution in [3.8, 4) is 5.75 Å². The number of hydrogen-bond acceptors (Lipinski definition) is 12. The van der Waals surface area contributed by atoms with Crippen molar-refractivity contribution in [2.75, 3.05) is 18.9 Å². The van der Waals surface area contributed by atoms with Crippen LogP contribution in [0, 0.1) is 16.0 Å². The molecule has 8 N–H and O–H groups in total. The fourth-order valence-electron chi connectivity index (χ4n) is 4.16. The summed E-state index contributed by atoms with van der Waals surface area (Å²) in [5.74, 6) is -0.804. The molecule has 0 bridgehead atoms. The van der Waals surface area contributed by atoms with Crippen molar-refractivity contribution in [2.45, 2.75) is 91.4 Å². The van der Waals surface area contributed by atoms with E-state index >= 15 is 0 Å². The van der Waals surface area contributed by atoms with Crippen LogP contribution in [-0.4, -0.2) is 72.4 Å². The molecule has 2 rings (SSSR count). The minimum atomic E-state index is -0.947. The molecular weight excluding hydrogens is 979 g/mol. The summed E-state index contributed by atoms with van der Waals surface area (Å²) in [5.41, 5.74) is 9.63. The zero-order valence-electron chi connectivity index (χ0n) is 32.2. The first-order chi connectivity index (χ1) is 25.8. The maximum Gasteiger partial charge on any atom is 0.514 e. The van der Waals surface area contributed by atoms with Crippen LogP contribution in [-0.2, 0) is 40.1 Å². The van der Waals surface area contributed by atoms with Crippen LogP contribution in [0.15, 0.2) is 48.5 Å². The van der Waals surface area contributed by atoms with Crippen LogP contribution < -0.4 is 37.5 Å². The topological polar surface area (TPSA) is 290 Å². The van der Waals surface area contributed by atoms with Gasteiger partial charge in [-0.05, 0) is 75.8 Å². The molecule has 0 spiro atoms. The number of carbonyl (C=O) groups excluding carboxylic acids is 7. The van der Waals surface area contributed by atoms with Crippen LogP contribution in [0.2, 0.25) is 0 Å². The van der Waals surface area contributed by atoms with Crippen molar-refractivity contribution >= 4 is 53.7 Å². The number of nitro groups is 1. The molecule has 0 heterocycles. The molecule has 0 radical (unpaired) electrons. The SMILES string of the molecule is CNC(=O)C(NC(=O)CCCC(=O)OC(C)(C)C)C(C)C.NC(=O)NCCCCC(=O)Nc1ccc(COC(=O)Oc2ccc([N+](=O)[O-])cc2)cc1.N[C-]=O.[Fm]. The third kappa shape index (κ3) is 24.8. The molecule has 0 aliphatic heterocycles. The van der Waals surface area contributed by atoms with Crippen molar-refractivity contribution in [3.05, 3.63) is 64.2 Å². The molecule has 19 nitrogen and oxygen atoms in total. The molecule has 316 valence electrons. The van der Waals surface area contributed by atoms with Crippen molar-refractivity contribution in [1.82, 2.24) is 16.0 Å². The number of nitro benzene ring substituents is 1. The quantitative estimate of drug-likeness (QED) is 0.0253. The van der Waals surface area contributed by atoms with E-state index in [2.05, 4.69) is 27.0 Å². The van der Waals surface area contributed by atoms with Gasteiger partial charge in [-0.3, -0.25) is 29.3 Å². The maximum absolute atomic E-state index is 11.9. The number of amides is 6. The third-order valence-electron chi connectivity index (χ3n) is 6.69.